The predicted molar refractivity (Wildman–Crippen MR) is 185 cm³/mol. The lowest BCUT2D eigenvalue weighted by molar-refractivity contribution is -0.119. The zero-order chi connectivity index (χ0) is 31.6. The zero-order valence-electron chi connectivity index (χ0n) is 27.9. The van der Waals surface area contributed by atoms with E-state index < -0.39 is 0 Å². The number of benzene rings is 1. The molecule has 248 valence electrons. The molecule has 2 N–H and O–H groups in total. The van der Waals surface area contributed by atoms with Gasteiger partial charge in [0.2, 0.25) is 5.91 Å². The maximum atomic E-state index is 13.2. The van der Waals surface area contributed by atoms with Crippen LogP contribution in [0.1, 0.15) is 94.3 Å². The second-order valence-corrected chi connectivity index (χ2v) is 14.6. The number of rotatable bonds is 8. The van der Waals surface area contributed by atoms with E-state index in [1.165, 1.54) is 84.1 Å². The van der Waals surface area contributed by atoms with E-state index in [0.29, 0.717) is 17.6 Å². The lowest BCUT2D eigenvalue weighted by Gasteiger charge is -2.43. The number of pyridine rings is 1. The lowest BCUT2D eigenvalue weighted by atomic mass is 9.89. The van der Waals surface area contributed by atoms with Crippen molar-refractivity contribution in [2.24, 2.45) is 5.92 Å². The number of hydrogen-bond acceptors (Lipinski definition) is 7. The lowest BCUT2D eigenvalue weighted by Crippen LogP contribution is -2.55. The molecule has 3 saturated carbocycles. The van der Waals surface area contributed by atoms with Crippen molar-refractivity contribution in [2.75, 3.05) is 54.9 Å². The van der Waals surface area contributed by atoms with Crippen molar-refractivity contribution in [3.63, 3.8) is 0 Å². The standard InChI is InChI=1S/C37H53N7O2/c1-26-37(46)41(2)33-19-20-34(40-35(33)44(26)32-7-5-3-4-6-8-32)38-29-13-11-28(12-14-29)36(45)39-30-15-17-31(18-16-30)43-23-21-42(22-24-43)25-27-9-10-27/h11-14,19-20,26-27,30-32H,3-10,15-18,21-25H2,1-2H3,(H,38,40)(H,39,45)/t26-,30-,31-/m1/s1. The second kappa shape index (κ2) is 13.9. The van der Waals surface area contributed by atoms with Crippen LogP contribution in [0.3, 0.4) is 0 Å². The summed E-state index contributed by atoms with van der Waals surface area (Å²) in [5.41, 5.74) is 2.44. The van der Waals surface area contributed by atoms with E-state index in [4.69, 9.17) is 4.98 Å². The van der Waals surface area contributed by atoms with Gasteiger partial charge in [0.05, 0.1) is 5.69 Å². The SMILES string of the molecule is C[C@@H]1C(=O)N(C)c2ccc(Nc3ccc(C(=O)N[C@H]4CC[C@H](N5CCN(CC6CC6)CC5)CC4)cc3)nc2N1C1CCCCCC1. The molecule has 1 atom stereocenters. The first-order valence-corrected chi connectivity index (χ1v) is 18.1. The Morgan fingerprint density at radius 2 is 1.52 bits per heavy atom. The Hall–Kier alpha value is -3.17. The predicted octanol–water partition coefficient (Wildman–Crippen LogP) is 5.79. The highest BCUT2D eigenvalue weighted by molar-refractivity contribution is 6.04. The number of hydrogen-bond donors (Lipinski definition) is 2. The Bertz CT molecular complexity index is 1350. The number of nitrogens with zero attached hydrogens (tertiary/aromatic N) is 5. The third-order valence-corrected chi connectivity index (χ3v) is 11.4. The molecule has 3 heterocycles. The fourth-order valence-electron chi connectivity index (χ4n) is 8.37. The van der Waals surface area contributed by atoms with Crippen molar-refractivity contribution in [1.82, 2.24) is 20.1 Å². The van der Waals surface area contributed by atoms with Gasteiger partial charge in [-0.15, -0.1) is 0 Å². The number of anilines is 4. The molecule has 0 bridgehead atoms. The van der Waals surface area contributed by atoms with Crippen LogP contribution in [0, 0.1) is 5.92 Å². The van der Waals surface area contributed by atoms with E-state index in [2.05, 4.69) is 25.3 Å². The molecule has 9 nitrogen and oxygen atoms in total. The Labute approximate surface area is 275 Å². The third kappa shape index (κ3) is 7.05. The number of carbonyl (C=O) groups is 2. The maximum absolute atomic E-state index is 13.2. The monoisotopic (exact) mass is 627 g/mol. The first-order valence-electron chi connectivity index (χ1n) is 18.1. The number of amides is 2. The summed E-state index contributed by atoms with van der Waals surface area (Å²) in [4.78, 5) is 40.8. The van der Waals surface area contributed by atoms with Crippen LogP contribution in [0.25, 0.3) is 0 Å². The molecule has 0 unspecified atom stereocenters. The molecular weight excluding hydrogens is 574 g/mol. The number of fused-ring (bicyclic) bond motifs is 1. The molecule has 5 aliphatic rings. The molecule has 46 heavy (non-hydrogen) atoms. The Morgan fingerprint density at radius 3 is 2.20 bits per heavy atom. The van der Waals surface area contributed by atoms with Crippen LogP contribution in [0.2, 0.25) is 0 Å². The van der Waals surface area contributed by atoms with Gasteiger partial charge in [-0.3, -0.25) is 14.5 Å². The van der Waals surface area contributed by atoms with Crippen molar-refractivity contribution >= 4 is 34.8 Å². The average Bonchev–Trinajstić information content (AvgIpc) is 3.93. The molecule has 2 amide bonds. The number of nitrogens with one attached hydrogen (secondary N) is 2. The van der Waals surface area contributed by atoms with Gasteiger partial charge in [0, 0.05) is 69.1 Å². The van der Waals surface area contributed by atoms with Crippen molar-refractivity contribution < 1.29 is 9.59 Å². The molecule has 1 saturated heterocycles. The third-order valence-electron chi connectivity index (χ3n) is 11.4. The van der Waals surface area contributed by atoms with Crippen LogP contribution in [-0.2, 0) is 4.79 Å². The van der Waals surface area contributed by atoms with Gasteiger partial charge in [-0.2, -0.15) is 0 Å². The fraction of sp³-hybridized carbons (Fsp3) is 0.649. The molecule has 2 aliphatic heterocycles. The topological polar surface area (TPSA) is 84.0 Å². The van der Waals surface area contributed by atoms with Gasteiger partial charge >= 0.3 is 0 Å². The first-order chi connectivity index (χ1) is 22.4. The van der Waals surface area contributed by atoms with Crippen LogP contribution in [0.4, 0.5) is 23.0 Å². The molecule has 1 aromatic heterocycles. The van der Waals surface area contributed by atoms with Gasteiger partial charge in [0.25, 0.3) is 5.91 Å². The number of aromatic nitrogens is 1. The average molecular weight is 628 g/mol. The van der Waals surface area contributed by atoms with Gasteiger partial charge in [-0.1, -0.05) is 25.7 Å². The molecular formula is C37H53N7O2. The van der Waals surface area contributed by atoms with E-state index in [1.54, 1.807) is 4.90 Å². The minimum atomic E-state index is -0.233. The summed E-state index contributed by atoms with van der Waals surface area (Å²) in [5, 5.41) is 6.76. The number of likely N-dealkylation sites (N-methyl/N-ethyl adjacent to an activating group) is 1. The van der Waals surface area contributed by atoms with Crippen molar-refractivity contribution in [3.05, 3.63) is 42.0 Å². The van der Waals surface area contributed by atoms with E-state index in [-0.39, 0.29) is 23.9 Å². The van der Waals surface area contributed by atoms with E-state index in [9.17, 15) is 9.59 Å². The first kappa shape index (κ1) is 31.4. The van der Waals surface area contributed by atoms with Crippen molar-refractivity contribution in [1.29, 1.82) is 0 Å². The van der Waals surface area contributed by atoms with Gasteiger partial charge in [0.15, 0.2) is 5.82 Å². The van der Waals surface area contributed by atoms with Crippen LogP contribution in [-0.4, -0.2) is 90.5 Å². The quantitative estimate of drug-likeness (QED) is 0.359. The maximum Gasteiger partial charge on any atom is 0.251 e. The summed E-state index contributed by atoms with van der Waals surface area (Å²) < 4.78 is 0. The molecule has 4 fully saturated rings. The van der Waals surface area contributed by atoms with Crippen LogP contribution in [0.15, 0.2) is 36.4 Å². The van der Waals surface area contributed by atoms with Crippen LogP contribution >= 0.6 is 0 Å². The largest absolute Gasteiger partial charge is 0.349 e. The Balaban J connectivity index is 0.930. The smallest absolute Gasteiger partial charge is 0.251 e. The molecule has 0 spiro atoms. The zero-order valence-corrected chi connectivity index (χ0v) is 27.9. The molecule has 7 rings (SSSR count). The highest BCUT2D eigenvalue weighted by atomic mass is 16.2. The van der Waals surface area contributed by atoms with Crippen LogP contribution < -0.4 is 20.4 Å². The Morgan fingerprint density at radius 1 is 0.826 bits per heavy atom. The summed E-state index contributed by atoms with van der Waals surface area (Å²) in [6.45, 7) is 8.17. The summed E-state index contributed by atoms with van der Waals surface area (Å²) in [5.74, 6) is 2.74. The number of carbonyl (C=O) groups excluding carboxylic acids is 2. The summed E-state index contributed by atoms with van der Waals surface area (Å²) in [7, 11) is 1.85. The van der Waals surface area contributed by atoms with E-state index in [0.717, 1.165) is 54.6 Å². The van der Waals surface area contributed by atoms with Crippen molar-refractivity contribution in [3.8, 4) is 0 Å². The van der Waals surface area contributed by atoms with Gasteiger partial charge in [0.1, 0.15) is 11.9 Å². The molecule has 0 radical (unpaired) electrons. The highest BCUT2D eigenvalue weighted by Gasteiger charge is 2.39. The van der Waals surface area contributed by atoms with E-state index in [1.807, 2.05) is 50.4 Å². The van der Waals surface area contributed by atoms with Gasteiger partial charge < -0.3 is 25.3 Å². The molecule has 2 aromatic rings. The second-order valence-electron chi connectivity index (χ2n) is 14.6. The fourth-order valence-corrected chi connectivity index (χ4v) is 8.37. The summed E-state index contributed by atoms with van der Waals surface area (Å²) in [6, 6.07) is 12.7. The Kier molecular flexibility index (Phi) is 9.50. The van der Waals surface area contributed by atoms with Gasteiger partial charge in [-0.25, -0.2) is 4.98 Å². The molecule has 1 aromatic carbocycles. The summed E-state index contributed by atoms with van der Waals surface area (Å²) >= 11 is 0. The molecule has 9 heteroatoms. The van der Waals surface area contributed by atoms with Gasteiger partial charge in [-0.05, 0) is 101 Å². The van der Waals surface area contributed by atoms with Crippen LogP contribution in [0.5, 0.6) is 0 Å². The minimum absolute atomic E-state index is 0.0105. The highest BCUT2D eigenvalue weighted by Crippen LogP contribution is 2.39. The van der Waals surface area contributed by atoms with E-state index >= 15 is 0 Å². The summed E-state index contributed by atoms with van der Waals surface area (Å²) in [6.07, 6.45) is 14.5. The molecule has 3 aliphatic carbocycles. The minimum Gasteiger partial charge on any atom is -0.349 e. The number of piperazine rings is 1. The van der Waals surface area contributed by atoms with Crippen molar-refractivity contribution in [2.45, 2.75) is 108 Å². The normalized spacial score (nSPS) is 26.8.